The van der Waals surface area contributed by atoms with Gasteiger partial charge in [0, 0.05) is 31.9 Å². The molecular formula is C20H32N2O4Ru. The number of nitrogens with zero attached hydrogens (tertiary/aromatic N) is 2. The van der Waals surface area contributed by atoms with E-state index in [1.807, 2.05) is 36.4 Å². The van der Waals surface area contributed by atoms with Gasteiger partial charge in [0.05, 0.1) is 35.8 Å². The maximum absolute atomic E-state index is 8.56. The van der Waals surface area contributed by atoms with Crippen molar-refractivity contribution in [1.82, 2.24) is 9.97 Å². The molecule has 4 N–H and O–H groups in total. The Labute approximate surface area is 175 Å². The average Bonchev–Trinajstić information content (AvgIpc) is 2.55. The Hall–Kier alpha value is -1.24. The Kier molecular flexibility index (Phi) is 17.5. The molecular weight excluding hydrogens is 433 g/mol. The number of aliphatic hydroxyl groups excluding tert-OH is 4. The molecule has 4 unspecified atom stereocenters. The molecule has 6 nitrogen and oxygen atoms in total. The first-order chi connectivity index (χ1) is 12.2. The fourth-order valence-corrected chi connectivity index (χ4v) is 2.02. The van der Waals surface area contributed by atoms with E-state index in [2.05, 4.69) is 9.97 Å². The zero-order valence-corrected chi connectivity index (χ0v) is 18.1. The molecule has 7 heteroatoms. The normalized spacial score (nSPS) is 14.1. The number of hydrogen-bond acceptors (Lipinski definition) is 6. The fraction of sp³-hybridized carbons (Fsp3) is 0.500. The van der Waals surface area contributed by atoms with Crippen LogP contribution in [0.25, 0.3) is 11.4 Å². The van der Waals surface area contributed by atoms with E-state index < -0.39 is 0 Å². The predicted octanol–water partition coefficient (Wildman–Crippen LogP) is 2.42. The van der Waals surface area contributed by atoms with Gasteiger partial charge in [-0.2, -0.15) is 0 Å². The summed E-state index contributed by atoms with van der Waals surface area (Å²) in [6.45, 7) is 6.64. The van der Waals surface area contributed by atoms with E-state index in [9.17, 15) is 0 Å². The van der Waals surface area contributed by atoms with Gasteiger partial charge in [0.1, 0.15) is 0 Å². The summed E-state index contributed by atoms with van der Waals surface area (Å²) >= 11 is 0. The van der Waals surface area contributed by atoms with Crippen LogP contribution in [-0.4, -0.2) is 54.8 Å². The fourth-order valence-electron chi connectivity index (χ4n) is 2.02. The standard InChI is InChI=1S/C10H8N2.2C5H12O2.Ru/c1-3-7-11-9(5-1)10-6-2-4-8-12-10;2*1-4(6)3-5(2)7;/h1-8H;2*4-7H,3H2,1-2H3;. The van der Waals surface area contributed by atoms with E-state index in [4.69, 9.17) is 20.4 Å². The van der Waals surface area contributed by atoms with E-state index >= 15 is 0 Å². The number of hydrogen-bond donors (Lipinski definition) is 4. The molecule has 27 heavy (non-hydrogen) atoms. The SMILES string of the molecule is CC(O)CC(C)O.CC(O)CC(C)O.[Ru].c1ccc(-c2ccccn2)nc1. The molecule has 0 aromatic carbocycles. The van der Waals surface area contributed by atoms with Gasteiger partial charge in [-0.15, -0.1) is 0 Å². The van der Waals surface area contributed by atoms with Gasteiger partial charge in [0.2, 0.25) is 0 Å². The van der Waals surface area contributed by atoms with Gasteiger partial charge in [-0.25, -0.2) is 0 Å². The van der Waals surface area contributed by atoms with Gasteiger partial charge >= 0.3 is 0 Å². The van der Waals surface area contributed by atoms with Crippen molar-refractivity contribution in [3.05, 3.63) is 48.8 Å². The number of pyridine rings is 2. The quantitative estimate of drug-likeness (QED) is 0.506. The summed E-state index contributed by atoms with van der Waals surface area (Å²) in [5.41, 5.74) is 1.83. The smallest absolute Gasteiger partial charge is 0.0886 e. The van der Waals surface area contributed by atoms with Crippen LogP contribution in [0.4, 0.5) is 0 Å². The van der Waals surface area contributed by atoms with Crippen LogP contribution in [0.15, 0.2) is 48.8 Å². The number of aromatic nitrogens is 2. The predicted molar refractivity (Wildman–Crippen MR) is 103 cm³/mol. The van der Waals surface area contributed by atoms with Crippen molar-refractivity contribution in [1.29, 1.82) is 0 Å². The van der Waals surface area contributed by atoms with E-state index in [1.165, 1.54) is 0 Å². The van der Waals surface area contributed by atoms with Crippen LogP contribution in [0.1, 0.15) is 40.5 Å². The first-order valence-electron chi connectivity index (χ1n) is 8.77. The maximum Gasteiger partial charge on any atom is 0.0886 e. The third-order valence-electron chi connectivity index (χ3n) is 2.96. The van der Waals surface area contributed by atoms with Gasteiger partial charge in [0.15, 0.2) is 0 Å². The van der Waals surface area contributed by atoms with Crippen molar-refractivity contribution >= 4 is 0 Å². The maximum atomic E-state index is 8.56. The van der Waals surface area contributed by atoms with Crippen molar-refractivity contribution < 1.29 is 39.9 Å². The molecule has 0 amide bonds. The van der Waals surface area contributed by atoms with Crippen molar-refractivity contribution in [2.45, 2.75) is 65.0 Å². The zero-order valence-electron chi connectivity index (χ0n) is 16.4. The van der Waals surface area contributed by atoms with Crippen LogP contribution in [-0.2, 0) is 19.5 Å². The molecule has 0 saturated carbocycles. The van der Waals surface area contributed by atoms with E-state index in [0.29, 0.717) is 12.8 Å². The van der Waals surface area contributed by atoms with Crippen LogP contribution in [0.2, 0.25) is 0 Å². The van der Waals surface area contributed by atoms with Gasteiger partial charge < -0.3 is 20.4 Å². The Morgan fingerprint density at radius 3 is 1.07 bits per heavy atom. The molecule has 2 aromatic heterocycles. The van der Waals surface area contributed by atoms with Crippen molar-refractivity contribution in [3.8, 4) is 11.4 Å². The molecule has 0 aliphatic carbocycles. The molecule has 2 heterocycles. The zero-order chi connectivity index (χ0) is 19.9. The van der Waals surface area contributed by atoms with Crippen LogP contribution < -0.4 is 0 Å². The molecule has 0 spiro atoms. The molecule has 0 saturated heterocycles. The Bertz CT molecular complexity index is 489. The molecule has 2 rings (SSSR count). The Balaban J connectivity index is 0. The largest absolute Gasteiger partial charge is 0.393 e. The molecule has 2 aromatic rings. The van der Waals surface area contributed by atoms with Gasteiger partial charge in [-0.1, -0.05) is 12.1 Å². The van der Waals surface area contributed by atoms with Crippen LogP contribution >= 0.6 is 0 Å². The van der Waals surface area contributed by atoms with E-state index in [-0.39, 0.29) is 43.9 Å². The molecule has 154 valence electrons. The monoisotopic (exact) mass is 466 g/mol. The average molecular weight is 466 g/mol. The first-order valence-corrected chi connectivity index (χ1v) is 8.77. The second kappa shape index (κ2) is 16.9. The van der Waals surface area contributed by atoms with Crippen molar-refractivity contribution in [2.24, 2.45) is 0 Å². The Morgan fingerprint density at radius 2 is 0.926 bits per heavy atom. The minimum Gasteiger partial charge on any atom is -0.393 e. The second-order valence-electron chi connectivity index (χ2n) is 6.30. The molecule has 0 fully saturated rings. The molecule has 0 aliphatic heterocycles. The summed E-state index contributed by atoms with van der Waals surface area (Å²) in [5, 5.41) is 34.3. The number of aliphatic hydroxyl groups is 4. The molecule has 0 aliphatic rings. The van der Waals surface area contributed by atoms with Gasteiger partial charge in [-0.05, 0) is 64.8 Å². The second-order valence-corrected chi connectivity index (χ2v) is 6.30. The summed E-state index contributed by atoms with van der Waals surface area (Å²) in [6.07, 6.45) is 2.98. The minimum absolute atomic E-state index is 0. The van der Waals surface area contributed by atoms with Gasteiger partial charge in [0.25, 0.3) is 0 Å². The summed E-state index contributed by atoms with van der Waals surface area (Å²) in [5.74, 6) is 0. The first kappa shape index (κ1) is 28.0. The molecule has 0 bridgehead atoms. The minimum atomic E-state index is -0.375. The van der Waals surface area contributed by atoms with Crippen LogP contribution in [0, 0.1) is 0 Å². The summed E-state index contributed by atoms with van der Waals surface area (Å²) in [6, 6.07) is 11.6. The third-order valence-corrected chi connectivity index (χ3v) is 2.96. The topological polar surface area (TPSA) is 107 Å². The molecule has 0 radical (unpaired) electrons. The van der Waals surface area contributed by atoms with Gasteiger partial charge in [-0.3, -0.25) is 9.97 Å². The van der Waals surface area contributed by atoms with Crippen LogP contribution in [0.3, 0.4) is 0 Å². The van der Waals surface area contributed by atoms with Crippen molar-refractivity contribution in [2.75, 3.05) is 0 Å². The molecule has 4 atom stereocenters. The summed E-state index contributed by atoms with van der Waals surface area (Å²) in [7, 11) is 0. The van der Waals surface area contributed by atoms with Crippen molar-refractivity contribution in [3.63, 3.8) is 0 Å². The Morgan fingerprint density at radius 1 is 0.630 bits per heavy atom. The van der Waals surface area contributed by atoms with E-state index in [1.54, 1.807) is 40.1 Å². The number of rotatable bonds is 5. The summed E-state index contributed by atoms with van der Waals surface area (Å²) in [4.78, 5) is 8.37. The van der Waals surface area contributed by atoms with E-state index in [0.717, 1.165) is 11.4 Å². The van der Waals surface area contributed by atoms with Crippen LogP contribution in [0.5, 0.6) is 0 Å². The third kappa shape index (κ3) is 17.9. The summed E-state index contributed by atoms with van der Waals surface area (Å²) < 4.78 is 0.